The maximum absolute atomic E-state index is 11.3. The number of amides is 1. The predicted octanol–water partition coefficient (Wildman–Crippen LogP) is 1.84. The number of anilines is 1. The van der Waals surface area contributed by atoms with E-state index in [1.807, 2.05) is 21.0 Å². The Bertz CT molecular complexity index is 414. The summed E-state index contributed by atoms with van der Waals surface area (Å²) in [5.41, 5.74) is 7.21. The molecule has 0 aliphatic carbocycles. The SMILES string of the molecule is CCCNC(C)(CC(N)=O)c1ccc(N(C)C)cc1. The topological polar surface area (TPSA) is 58.4 Å². The van der Waals surface area contributed by atoms with Gasteiger partial charge in [-0.05, 0) is 37.6 Å². The number of hydrogen-bond acceptors (Lipinski definition) is 3. The first kappa shape index (κ1) is 15.5. The first-order chi connectivity index (χ1) is 8.89. The fraction of sp³-hybridized carbons (Fsp3) is 0.533. The summed E-state index contributed by atoms with van der Waals surface area (Å²) in [5, 5.41) is 3.43. The second kappa shape index (κ2) is 6.57. The van der Waals surface area contributed by atoms with Gasteiger partial charge in [0.15, 0.2) is 0 Å². The lowest BCUT2D eigenvalue weighted by Crippen LogP contribution is -2.43. The standard InChI is InChI=1S/C15H25N3O/c1-5-10-17-15(2,11-14(16)19)12-6-8-13(9-7-12)18(3)4/h6-9,17H,5,10-11H2,1-4H3,(H2,16,19). The van der Waals surface area contributed by atoms with Crippen LogP contribution in [-0.2, 0) is 10.3 Å². The minimum atomic E-state index is -0.396. The highest BCUT2D eigenvalue weighted by Gasteiger charge is 2.27. The Morgan fingerprint density at radius 2 is 1.89 bits per heavy atom. The molecule has 0 saturated heterocycles. The van der Waals surface area contributed by atoms with E-state index < -0.39 is 5.54 Å². The minimum Gasteiger partial charge on any atom is -0.378 e. The highest BCUT2D eigenvalue weighted by atomic mass is 16.1. The Hall–Kier alpha value is -1.55. The van der Waals surface area contributed by atoms with Crippen molar-refractivity contribution in [1.82, 2.24) is 5.32 Å². The molecule has 0 saturated carbocycles. The lowest BCUT2D eigenvalue weighted by atomic mass is 9.88. The zero-order chi connectivity index (χ0) is 14.5. The van der Waals surface area contributed by atoms with Crippen LogP contribution in [0, 0.1) is 0 Å². The molecule has 0 aliphatic heterocycles. The molecule has 1 unspecified atom stereocenters. The van der Waals surface area contributed by atoms with Gasteiger partial charge in [-0.15, -0.1) is 0 Å². The molecule has 1 amide bonds. The zero-order valence-corrected chi connectivity index (χ0v) is 12.4. The van der Waals surface area contributed by atoms with Crippen LogP contribution < -0.4 is 16.0 Å². The second-order valence-corrected chi connectivity index (χ2v) is 5.34. The van der Waals surface area contributed by atoms with Crippen LogP contribution in [0.25, 0.3) is 0 Å². The van der Waals surface area contributed by atoms with Crippen LogP contribution >= 0.6 is 0 Å². The van der Waals surface area contributed by atoms with Crippen molar-refractivity contribution in [2.75, 3.05) is 25.5 Å². The maximum Gasteiger partial charge on any atom is 0.219 e. The predicted molar refractivity (Wildman–Crippen MR) is 80.2 cm³/mol. The number of nitrogens with two attached hydrogens (primary N) is 1. The van der Waals surface area contributed by atoms with Gasteiger partial charge in [-0.25, -0.2) is 0 Å². The fourth-order valence-corrected chi connectivity index (χ4v) is 2.14. The lowest BCUT2D eigenvalue weighted by molar-refractivity contribution is -0.119. The third-order valence-corrected chi connectivity index (χ3v) is 3.31. The van der Waals surface area contributed by atoms with E-state index in [1.165, 1.54) is 0 Å². The Kier molecular flexibility index (Phi) is 5.36. The molecule has 0 aromatic heterocycles. The summed E-state index contributed by atoms with van der Waals surface area (Å²) in [6.07, 6.45) is 1.32. The first-order valence-electron chi connectivity index (χ1n) is 6.70. The molecule has 1 aromatic carbocycles. The number of rotatable bonds is 7. The number of primary amides is 1. The molecule has 4 heteroatoms. The van der Waals surface area contributed by atoms with Crippen molar-refractivity contribution in [2.45, 2.75) is 32.2 Å². The first-order valence-corrected chi connectivity index (χ1v) is 6.70. The van der Waals surface area contributed by atoms with Crippen LogP contribution in [0.5, 0.6) is 0 Å². The lowest BCUT2D eigenvalue weighted by Gasteiger charge is -2.31. The molecule has 1 rings (SSSR count). The average Bonchev–Trinajstić information content (AvgIpc) is 2.35. The molecular weight excluding hydrogens is 238 g/mol. The van der Waals surface area contributed by atoms with Crippen LogP contribution in [0.3, 0.4) is 0 Å². The van der Waals surface area contributed by atoms with E-state index in [1.54, 1.807) is 0 Å². The molecule has 106 valence electrons. The van der Waals surface area contributed by atoms with Crippen LogP contribution in [-0.4, -0.2) is 26.5 Å². The number of carbonyl (C=O) groups excluding carboxylic acids is 1. The quantitative estimate of drug-likeness (QED) is 0.789. The summed E-state index contributed by atoms with van der Waals surface area (Å²) in [5.74, 6) is -0.289. The van der Waals surface area contributed by atoms with Crippen LogP contribution in [0.2, 0.25) is 0 Å². The van der Waals surface area contributed by atoms with Crippen molar-refractivity contribution in [3.63, 3.8) is 0 Å². The van der Waals surface area contributed by atoms with E-state index in [0.717, 1.165) is 24.2 Å². The molecule has 1 aromatic rings. The number of nitrogens with one attached hydrogen (secondary N) is 1. The van der Waals surface area contributed by atoms with E-state index in [0.29, 0.717) is 6.42 Å². The largest absolute Gasteiger partial charge is 0.378 e. The van der Waals surface area contributed by atoms with E-state index in [-0.39, 0.29) is 5.91 Å². The molecule has 4 nitrogen and oxygen atoms in total. The summed E-state index contributed by atoms with van der Waals surface area (Å²) in [4.78, 5) is 13.4. The van der Waals surface area contributed by atoms with Gasteiger partial charge < -0.3 is 16.0 Å². The van der Waals surface area contributed by atoms with Gasteiger partial charge in [0.1, 0.15) is 0 Å². The molecule has 0 spiro atoms. The van der Waals surface area contributed by atoms with Gasteiger partial charge in [0.25, 0.3) is 0 Å². The molecule has 1 atom stereocenters. The maximum atomic E-state index is 11.3. The number of carbonyl (C=O) groups is 1. The van der Waals surface area contributed by atoms with Crippen molar-refractivity contribution < 1.29 is 4.79 Å². The Morgan fingerprint density at radius 1 is 1.32 bits per heavy atom. The Labute approximate surface area is 116 Å². The van der Waals surface area contributed by atoms with Crippen LogP contribution in [0.4, 0.5) is 5.69 Å². The van der Waals surface area contributed by atoms with Gasteiger partial charge in [0, 0.05) is 31.7 Å². The Morgan fingerprint density at radius 3 is 2.32 bits per heavy atom. The van der Waals surface area contributed by atoms with Gasteiger partial charge in [-0.1, -0.05) is 19.1 Å². The highest BCUT2D eigenvalue weighted by molar-refractivity contribution is 5.75. The summed E-state index contributed by atoms with van der Waals surface area (Å²) in [6.45, 7) is 4.99. The number of hydrogen-bond donors (Lipinski definition) is 2. The third kappa shape index (κ3) is 4.24. The Balaban J connectivity index is 2.99. The van der Waals surface area contributed by atoms with E-state index in [2.05, 4.69) is 41.4 Å². The molecule has 0 bridgehead atoms. The van der Waals surface area contributed by atoms with Crippen molar-refractivity contribution in [3.8, 4) is 0 Å². The van der Waals surface area contributed by atoms with Crippen molar-refractivity contribution in [1.29, 1.82) is 0 Å². The number of benzene rings is 1. The molecule has 0 fully saturated rings. The highest BCUT2D eigenvalue weighted by Crippen LogP contribution is 2.26. The van der Waals surface area contributed by atoms with Gasteiger partial charge in [-0.3, -0.25) is 4.79 Å². The average molecular weight is 263 g/mol. The number of nitrogens with zero attached hydrogens (tertiary/aromatic N) is 1. The summed E-state index contributed by atoms with van der Waals surface area (Å²) in [7, 11) is 4.01. The monoisotopic (exact) mass is 263 g/mol. The van der Waals surface area contributed by atoms with E-state index in [4.69, 9.17) is 5.73 Å². The summed E-state index contributed by atoms with van der Waals surface area (Å²) >= 11 is 0. The molecule has 0 heterocycles. The van der Waals surface area contributed by atoms with Gasteiger partial charge in [-0.2, -0.15) is 0 Å². The normalized spacial score (nSPS) is 13.9. The van der Waals surface area contributed by atoms with E-state index in [9.17, 15) is 4.79 Å². The minimum absolute atomic E-state index is 0.289. The molecule has 19 heavy (non-hydrogen) atoms. The van der Waals surface area contributed by atoms with Gasteiger partial charge in [0.2, 0.25) is 5.91 Å². The van der Waals surface area contributed by atoms with E-state index >= 15 is 0 Å². The zero-order valence-electron chi connectivity index (χ0n) is 12.4. The second-order valence-electron chi connectivity index (χ2n) is 5.34. The summed E-state index contributed by atoms with van der Waals surface area (Å²) in [6, 6.07) is 8.23. The molecule has 0 aliphatic rings. The van der Waals surface area contributed by atoms with Crippen molar-refractivity contribution >= 4 is 11.6 Å². The third-order valence-electron chi connectivity index (χ3n) is 3.31. The van der Waals surface area contributed by atoms with Gasteiger partial charge in [0.05, 0.1) is 0 Å². The smallest absolute Gasteiger partial charge is 0.219 e. The molecular formula is C15H25N3O. The van der Waals surface area contributed by atoms with Gasteiger partial charge >= 0.3 is 0 Å². The molecule has 0 radical (unpaired) electrons. The van der Waals surface area contributed by atoms with Crippen molar-refractivity contribution in [3.05, 3.63) is 29.8 Å². The fourth-order valence-electron chi connectivity index (χ4n) is 2.14. The summed E-state index contributed by atoms with van der Waals surface area (Å²) < 4.78 is 0. The van der Waals surface area contributed by atoms with Crippen LogP contribution in [0.15, 0.2) is 24.3 Å². The van der Waals surface area contributed by atoms with Crippen LogP contribution in [0.1, 0.15) is 32.3 Å². The molecule has 3 N–H and O–H groups in total. The van der Waals surface area contributed by atoms with Crippen molar-refractivity contribution in [2.24, 2.45) is 5.73 Å².